The molecule has 9 heteroatoms. The first-order valence-corrected chi connectivity index (χ1v) is 11.2. The molecule has 0 radical (unpaired) electrons. The van der Waals surface area contributed by atoms with Crippen LogP contribution in [0.2, 0.25) is 0 Å². The van der Waals surface area contributed by atoms with Crippen LogP contribution in [0, 0.1) is 6.92 Å². The van der Waals surface area contributed by atoms with Crippen molar-refractivity contribution < 1.29 is 29.2 Å². The number of rotatable bonds is 3. The Morgan fingerprint density at radius 3 is 1.19 bits per heavy atom. The molecule has 4 aromatic rings. The standard InChI is InChI=1S/C27H17BN2O6/c1-14-2-6-16(7-3-14)29-24(31)18-10-12-20-23-21(13-11-19(22(18)23)25(29)32)27(34)30(26(20)33)17-8-4-15(5-9-17)28(35)36/h2-13,35-36H,1H3. The van der Waals surface area contributed by atoms with Crippen molar-refractivity contribution in [3.8, 4) is 0 Å². The Kier molecular flexibility index (Phi) is 4.69. The lowest BCUT2D eigenvalue weighted by molar-refractivity contribution is 0.0873. The Hall–Kier alpha value is -4.60. The minimum Gasteiger partial charge on any atom is -0.423 e. The van der Waals surface area contributed by atoms with Crippen LogP contribution in [0.3, 0.4) is 0 Å². The van der Waals surface area contributed by atoms with Crippen molar-refractivity contribution in [3.63, 3.8) is 0 Å². The first-order valence-electron chi connectivity index (χ1n) is 11.2. The first kappa shape index (κ1) is 21.9. The third kappa shape index (κ3) is 2.97. The number of carbonyl (C=O) groups excluding carboxylic acids is 4. The van der Waals surface area contributed by atoms with E-state index in [4.69, 9.17) is 0 Å². The molecule has 0 aliphatic carbocycles. The van der Waals surface area contributed by atoms with E-state index in [1.165, 1.54) is 48.5 Å². The fraction of sp³-hybridized carbons (Fsp3) is 0.0370. The van der Waals surface area contributed by atoms with Crippen LogP contribution in [0.1, 0.15) is 47.0 Å². The number of hydrogen-bond acceptors (Lipinski definition) is 6. The maximum atomic E-state index is 13.5. The number of aryl methyl sites for hydroxylation is 1. The smallest absolute Gasteiger partial charge is 0.423 e. The minimum atomic E-state index is -1.68. The predicted octanol–water partition coefficient (Wildman–Crippen LogP) is 2.43. The summed E-state index contributed by atoms with van der Waals surface area (Å²) in [5.41, 5.74) is 2.75. The Labute approximate surface area is 205 Å². The molecule has 0 fully saturated rings. The molecule has 2 aliphatic rings. The number of hydrogen-bond donors (Lipinski definition) is 2. The highest BCUT2D eigenvalue weighted by Crippen LogP contribution is 2.39. The molecular weight excluding hydrogens is 459 g/mol. The summed E-state index contributed by atoms with van der Waals surface area (Å²) in [6.07, 6.45) is 0. The Morgan fingerprint density at radius 2 is 0.861 bits per heavy atom. The minimum absolute atomic E-state index is 0.195. The number of imide groups is 2. The summed E-state index contributed by atoms with van der Waals surface area (Å²) in [7, 11) is -1.68. The second-order valence-electron chi connectivity index (χ2n) is 8.76. The molecule has 174 valence electrons. The van der Waals surface area contributed by atoms with Gasteiger partial charge in [0.15, 0.2) is 0 Å². The molecule has 0 spiro atoms. The summed E-state index contributed by atoms with van der Waals surface area (Å²) in [6.45, 7) is 1.91. The third-order valence-electron chi connectivity index (χ3n) is 6.64. The molecule has 0 aromatic heterocycles. The molecule has 2 N–H and O–H groups in total. The lowest BCUT2D eigenvalue weighted by atomic mass is 9.80. The van der Waals surface area contributed by atoms with Crippen molar-refractivity contribution >= 4 is 58.4 Å². The molecule has 0 atom stereocenters. The fourth-order valence-electron chi connectivity index (χ4n) is 4.83. The van der Waals surface area contributed by atoms with Crippen LogP contribution in [-0.2, 0) is 0 Å². The molecule has 36 heavy (non-hydrogen) atoms. The van der Waals surface area contributed by atoms with E-state index < -0.39 is 30.7 Å². The van der Waals surface area contributed by atoms with Gasteiger partial charge < -0.3 is 10.0 Å². The maximum absolute atomic E-state index is 13.5. The van der Waals surface area contributed by atoms with Crippen LogP contribution >= 0.6 is 0 Å². The Balaban J connectivity index is 1.50. The lowest BCUT2D eigenvalue weighted by Crippen LogP contribution is -2.43. The van der Waals surface area contributed by atoms with Crippen molar-refractivity contribution in [2.75, 3.05) is 9.80 Å². The van der Waals surface area contributed by atoms with Crippen LogP contribution in [0.15, 0.2) is 72.8 Å². The molecule has 2 heterocycles. The van der Waals surface area contributed by atoms with E-state index in [0.717, 1.165) is 15.4 Å². The zero-order valence-corrected chi connectivity index (χ0v) is 18.9. The molecule has 4 amide bonds. The maximum Gasteiger partial charge on any atom is 0.488 e. The largest absolute Gasteiger partial charge is 0.488 e. The van der Waals surface area contributed by atoms with Gasteiger partial charge in [0, 0.05) is 33.0 Å². The number of anilines is 2. The van der Waals surface area contributed by atoms with Gasteiger partial charge in [0.2, 0.25) is 0 Å². The summed E-state index contributed by atoms with van der Waals surface area (Å²) in [4.78, 5) is 55.9. The normalized spacial score (nSPS) is 14.6. The van der Waals surface area contributed by atoms with E-state index in [9.17, 15) is 29.2 Å². The van der Waals surface area contributed by atoms with Gasteiger partial charge in [-0.1, -0.05) is 29.8 Å². The molecular formula is C27H17BN2O6. The van der Waals surface area contributed by atoms with Gasteiger partial charge in [-0.05, 0) is 60.9 Å². The molecule has 0 bridgehead atoms. The SMILES string of the molecule is Cc1ccc(N2C(=O)c3ccc4c5c(ccc(c35)C2=O)C(=O)N(c2ccc(B(O)O)cc2)C4=O)cc1. The van der Waals surface area contributed by atoms with Gasteiger partial charge in [0.1, 0.15) is 0 Å². The summed E-state index contributed by atoms with van der Waals surface area (Å²) in [5, 5.41) is 19.3. The van der Waals surface area contributed by atoms with Crippen LogP contribution in [-0.4, -0.2) is 40.8 Å². The average molecular weight is 476 g/mol. The molecule has 0 saturated carbocycles. The van der Waals surface area contributed by atoms with Gasteiger partial charge in [0.05, 0.1) is 11.4 Å². The van der Waals surface area contributed by atoms with Gasteiger partial charge in [-0.15, -0.1) is 0 Å². The fourth-order valence-corrected chi connectivity index (χ4v) is 4.83. The zero-order valence-electron chi connectivity index (χ0n) is 18.9. The molecule has 0 unspecified atom stereocenters. The van der Waals surface area contributed by atoms with Crippen LogP contribution < -0.4 is 15.3 Å². The van der Waals surface area contributed by atoms with Crippen molar-refractivity contribution in [2.24, 2.45) is 0 Å². The lowest BCUT2D eigenvalue weighted by Gasteiger charge is -2.32. The van der Waals surface area contributed by atoms with E-state index in [0.29, 0.717) is 11.1 Å². The molecule has 0 saturated heterocycles. The number of amides is 4. The van der Waals surface area contributed by atoms with E-state index >= 15 is 0 Å². The van der Waals surface area contributed by atoms with Gasteiger partial charge >= 0.3 is 7.12 Å². The van der Waals surface area contributed by atoms with Crippen molar-refractivity contribution in [3.05, 3.63) is 101 Å². The number of carbonyl (C=O) groups is 4. The van der Waals surface area contributed by atoms with E-state index in [2.05, 4.69) is 0 Å². The second-order valence-corrected chi connectivity index (χ2v) is 8.76. The van der Waals surface area contributed by atoms with Crippen LogP contribution in [0.5, 0.6) is 0 Å². The van der Waals surface area contributed by atoms with Gasteiger partial charge in [0.25, 0.3) is 23.6 Å². The second kappa shape index (κ2) is 7.71. The number of nitrogens with zero attached hydrogens (tertiary/aromatic N) is 2. The monoisotopic (exact) mass is 476 g/mol. The highest BCUT2D eigenvalue weighted by Gasteiger charge is 2.40. The summed E-state index contributed by atoms with van der Waals surface area (Å²) in [6, 6.07) is 18.8. The quantitative estimate of drug-likeness (QED) is 0.347. The van der Waals surface area contributed by atoms with Crippen molar-refractivity contribution in [1.82, 2.24) is 0 Å². The average Bonchev–Trinajstić information content (AvgIpc) is 2.87. The topological polar surface area (TPSA) is 115 Å². The van der Waals surface area contributed by atoms with Gasteiger partial charge in [-0.25, -0.2) is 9.80 Å². The van der Waals surface area contributed by atoms with Crippen molar-refractivity contribution in [2.45, 2.75) is 6.92 Å². The summed E-state index contributed by atoms with van der Waals surface area (Å²) >= 11 is 0. The zero-order chi connectivity index (χ0) is 25.3. The molecule has 4 aromatic carbocycles. The van der Waals surface area contributed by atoms with E-state index in [-0.39, 0.29) is 38.8 Å². The Morgan fingerprint density at radius 1 is 0.528 bits per heavy atom. The van der Waals surface area contributed by atoms with Crippen LogP contribution in [0.4, 0.5) is 11.4 Å². The number of benzene rings is 4. The highest BCUT2D eigenvalue weighted by molar-refractivity contribution is 6.58. The van der Waals surface area contributed by atoms with E-state index in [1.807, 2.05) is 19.1 Å². The summed E-state index contributed by atoms with van der Waals surface area (Å²) < 4.78 is 0. The van der Waals surface area contributed by atoms with Crippen LogP contribution in [0.25, 0.3) is 10.8 Å². The summed E-state index contributed by atoms with van der Waals surface area (Å²) in [5.74, 6) is -2.26. The highest BCUT2D eigenvalue weighted by atomic mass is 16.4. The third-order valence-corrected chi connectivity index (χ3v) is 6.64. The van der Waals surface area contributed by atoms with E-state index in [1.54, 1.807) is 12.1 Å². The first-order chi connectivity index (χ1) is 17.3. The van der Waals surface area contributed by atoms with Crippen molar-refractivity contribution in [1.29, 1.82) is 0 Å². The molecule has 8 nitrogen and oxygen atoms in total. The van der Waals surface area contributed by atoms with Gasteiger partial charge in [-0.3, -0.25) is 19.2 Å². The predicted molar refractivity (Wildman–Crippen MR) is 134 cm³/mol. The molecule has 2 aliphatic heterocycles. The van der Waals surface area contributed by atoms with Gasteiger partial charge in [-0.2, -0.15) is 0 Å². The Bertz CT molecular complexity index is 1570. The molecule has 6 rings (SSSR count).